The Morgan fingerprint density at radius 1 is 1.21 bits per heavy atom. The van der Waals surface area contributed by atoms with Crippen LogP contribution in [0.15, 0.2) is 57.6 Å². The molecule has 0 unspecified atom stereocenters. The zero-order valence-corrected chi connectivity index (χ0v) is 21.3. The fourth-order valence-corrected chi connectivity index (χ4v) is 7.40. The molecule has 0 bridgehead atoms. The Labute approximate surface area is 208 Å². The summed E-state index contributed by atoms with van der Waals surface area (Å²) in [6.07, 6.45) is 6.67. The summed E-state index contributed by atoms with van der Waals surface area (Å²) in [4.78, 5) is 9.00. The van der Waals surface area contributed by atoms with Gasteiger partial charge in [0.25, 0.3) is 10.0 Å². The molecule has 33 heavy (non-hydrogen) atoms. The highest BCUT2D eigenvalue weighted by atomic mass is 79.9. The van der Waals surface area contributed by atoms with Crippen LogP contribution in [0.1, 0.15) is 30.0 Å². The quantitative estimate of drug-likeness (QED) is 0.360. The van der Waals surface area contributed by atoms with E-state index in [0.29, 0.717) is 36.8 Å². The number of hydrogen-bond acceptors (Lipinski definition) is 7. The maximum absolute atomic E-state index is 12.9. The summed E-state index contributed by atoms with van der Waals surface area (Å²) < 4.78 is 30.7. The van der Waals surface area contributed by atoms with Crippen LogP contribution in [-0.2, 0) is 16.6 Å². The molecule has 5 rings (SSSR count). The topological polar surface area (TPSA) is 92.5 Å². The van der Waals surface area contributed by atoms with Crippen molar-refractivity contribution in [3.63, 3.8) is 0 Å². The molecular formula is C21H20BrClN6O2S2. The Bertz CT molecular complexity index is 1380. The van der Waals surface area contributed by atoms with Gasteiger partial charge in [-0.3, -0.25) is 4.98 Å². The molecule has 12 heteroatoms. The lowest BCUT2D eigenvalue weighted by Crippen LogP contribution is -2.37. The molecule has 1 saturated heterocycles. The first kappa shape index (κ1) is 22.7. The number of halogens is 2. The summed E-state index contributed by atoms with van der Waals surface area (Å²) in [7, 11) is -3.52. The smallest absolute Gasteiger partial charge is 0.252 e. The highest BCUT2D eigenvalue weighted by Crippen LogP contribution is 2.34. The van der Waals surface area contributed by atoms with E-state index in [1.165, 1.54) is 0 Å². The van der Waals surface area contributed by atoms with Crippen LogP contribution in [-0.4, -0.2) is 45.4 Å². The van der Waals surface area contributed by atoms with Gasteiger partial charge in [-0.05, 0) is 52.5 Å². The number of rotatable bonds is 6. The highest BCUT2D eigenvalue weighted by Gasteiger charge is 2.32. The summed E-state index contributed by atoms with van der Waals surface area (Å²) in [5.41, 5.74) is 2.71. The number of piperidine rings is 1. The first-order valence-corrected chi connectivity index (χ1v) is 13.8. The number of fused-ring (bicyclic) bond motifs is 1. The second-order valence-corrected chi connectivity index (χ2v) is 12.5. The lowest BCUT2D eigenvalue weighted by molar-refractivity contribution is 0.317. The molecule has 0 radical (unpaired) electrons. The van der Waals surface area contributed by atoms with Crippen molar-refractivity contribution in [3.05, 3.63) is 69.0 Å². The predicted molar refractivity (Wildman–Crippen MR) is 132 cm³/mol. The van der Waals surface area contributed by atoms with Gasteiger partial charge in [-0.1, -0.05) is 17.7 Å². The minimum absolute atomic E-state index is 0.147. The molecule has 172 valence electrons. The number of hydrogen-bond donors (Lipinski definition) is 1. The molecule has 0 aromatic carbocycles. The normalized spacial score (nSPS) is 15.8. The number of sulfonamides is 1. The summed E-state index contributed by atoms with van der Waals surface area (Å²) in [5.74, 6) is 0.974. The Morgan fingerprint density at radius 3 is 2.73 bits per heavy atom. The van der Waals surface area contributed by atoms with Crippen LogP contribution < -0.4 is 5.32 Å². The molecule has 0 amide bonds. The zero-order chi connectivity index (χ0) is 23.0. The summed E-state index contributed by atoms with van der Waals surface area (Å²) >= 11 is 10.6. The maximum atomic E-state index is 12.9. The third-order valence-corrected chi connectivity index (χ3v) is 9.82. The Balaban J connectivity index is 1.36. The molecule has 0 aliphatic carbocycles. The Kier molecular flexibility index (Phi) is 6.41. The van der Waals surface area contributed by atoms with Crippen molar-refractivity contribution >= 4 is 60.4 Å². The molecule has 0 atom stereocenters. The van der Waals surface area contributed by atoms with E-state index in [1.807, 2.05) is 24.4 Å². The average molecular weight is 568 g/mol. The van der Waals surface area contributed by atoms with Crippen molar-refractivity contribution in [2.45, 2.75) is 29.5 Å². The van der Waals surface area contributed by atoms with E-state index in [9.17, 15) is 8.42 Å². The van der Waals surface area contributed by atoms with Crippen LogP contribution in [0.2, 0.25) is 4.34 Å². The van der Waals surface area contributed by atoms with Gasteiger partial charge in [-0.15, -0.1) is 11.3 Å². The summed E-state index contributed by atoms with van der Waals surface area (Å²) in [5, 5.41) is 7.86. The second kappa shape index (κ2) is 9.30. The van der Waals surface area contributed by atoms with E-state index in [0.717, 1.165) is 38.5 Å². The van der Waals surface area contributed by atoms with Crippen LogP contribution in [0.4, 0.5) is 5.82 Å². The molecule has 4 aromatic heterocycles. The molecule has 0 saturated carbocycles. The molecule has 0 spiro atoms. The van der Waals surface area contributed by atoms with E-state index < -0.39 is 10.0 Å². The fraction of sp³-hybridized carbons (Fsp3) is 0.286. The Hall–Kier alpha value is -2.05. The van der Waals surface area contributed by atoms with Crippen molar-refractivity contribution in [1.82, 2.24) is 23.9 Å². The number of aromatic nitrogens is 4. The van der Waals surface area contributed by atoms with E-state index in [4.69, 9.17) is 16.6 Å². The van der Waals surface area contributed by atoms with Crippen molar-refractivity contribution < 1.29 is 8.42 Å². The predicted octanol–water partition coefficient (Wildman–Crippen LogP) is 4.78. The largest absolute Gasteiger partial charge is 0.366 e. The first-order chi connectivity index (χ1) is 15.9. The lowest BCUT2D eigenvalue weighted by Gasteiger charge is -2.30. The van der Waals surface area contributed by atoms with Gasteiger partial charge in [0.15, 0.2) is 5.65 Å². The number of nitrogens with zero attached hydrogens (tertiary/aromatic N) is 5. The van der Waals surface area contributed by atoms with Gasteiger partial charge in [0.1, 0.15) is 10.0 Å². The number of nitrogens with one attached hydrogen (secondary N) is 1. The van der Waals surface area contributed by atoms with Crippen molar-refractivity contribution in [2.75, 3.05) is 18.4 Å². The van der Waals surface area contributed by atoms with Gasteiger partial charge in [-0.25, -0.2) is 13.4 Å². The molecule has 8 nitrogen and oxygen atoms in total. The Morgan fingerprint density at radius 2 is 2.03 bits per heavy atom. The van der Waals surface area contributed by atoms with E-state index >= 15 is 0 Å². The second-order valence-electron chi connectivity index (χ2n) is 7.75. The van der Waals surface area contributed by atoms with Crippen molar-refractivity contribution in [3.8, 4) is 0 Å². The monoisotopic (exact) mass is 566 g/mol. The molecule has 1 aliphatic heterocycles. The van der Waals surface area contributed by atoms with Crippen LogP contribution in [0.25, 0.3) is 5.65 Å². The third kappa shape index (κ3) is 4.65. The molecule has 1 N–H and O–H groups in total. The SMILES string of the molecule is O=S(=O)(c1ccc(Cl)s1)N1CCC(c2cc(NCc3cccnc3)n3ncc(Br)c3n2)CC1. The van der Waals surface area contributed by atoms with Crippen molar-refractivity contribution in [1.29, 1.82) is 0 Å². The van der Waals surface area contributed by atoms with Gasteiger partial charge in [0.05, 0.1) is 15.0 Å². The van der Waals surface area contributed by atoms with Crippen LogP contribution in [0.3, 0.4) is 0 Å². The van der Waals surface area contributed by atoms with Crippen LogP contribution in [0.5, 0.6) is 0 Å². The number of anilines is 1. The lowest BCUT2D eigenvalue weighted by atomic mass is 9.94. The minimum atomic E-state index is -3.52. The van der Waals surface area contributed by atoms with Gasteiger partial charge >= 0.3 is 0 Å². The van der Waals surface area contributed by atoms with Crippen LogP contribution in [0, 0.1) is 0 Å². The fourth-order valence-electron chi connectivity index (χ4n) is 3.94. The van der Waals surface area contributed by atoms with E-state index in [-0.39, 0.29) is 10.1 Å². The molecular weight excluding hydrogens is 548 g/mol. The van der Waals surface area contributed by atoms with Crippen molar-refractivity contribution in [2.24, 2.45) is 0 Å². The molecule has 1 fully saturated rings. The van der Waals surface area contributed by atoms with Gasteiger partial charge in [0, 0.05) is 49.7 Å². The van der Waals surface area contributed by atoms with Crippen LogP contribution >= 0.6 is 38.9 Å². The molecule has 5 heterocycles. The van der Waals surface area contributed by atoms with E-state index in [2.05, 4.69) is 31.3 Å². The molecule has 1 aliphatic rings. The molecule has 4 aromatic rings. The van der Waals surface area contributed by atoms with Gasteiger partial charge in [0.2, 0.25) is 0 Å². The zero-order valence-electron chi connectivity index (χ0n) is 17.4. The maximum Gasteiger partial charge on any atom is 0.252 e. The first-order valence-electron chi connectivity index (χ1n) is 10.3. The number of pyridine rings is 1. The standard InChI is InChI=1S/C21H20BrClN6O2S2/c22-16-13-26-29-19(25-12-14-2-1-7-24-11-14)10-17(27-21(16)29)15-5-8-28(9-6-15)33(30,31)20-4-3-18(23)32-20/h1-4,7,10-11,13,15,25H,5-6,8-9,12H2. The highest BCUT2D eigenvalue weighted by molar-refractivity contribution is 9.10. The van der Waals surface area contributed by atoms with Gasteiger partial charge < -0.3 is 5.32 Å². The number of thiophene rings is 1. The minimum Gasteiger partial charge on any atom is -0.366 e. The summed E-state index contributed by atoms with van der Waals surface area (Å²) in [6.45, 7) is 1.48. The third-order valence-electron chi connectivity index (χ3n) is 5.66. The van der Waals surface area contributed by atoms with Gasteiger partial charge in [-0.2, -0.15) is 13.9 Å². The summed E-state index contributed by atoms with van der Waals surface area (Å²) in [6, 6.07) is 9.11. The van der Waals surface area contributed by atoms with E-state index in [1.54, 1.807) is 33.3 Å². The average Bonchev–Trinajstić information content (AvgIpc) is 3.44.